The van der Waals surface area contributed by atoms with Crippen LogP contribution in [-0.4, -0.2) is 64.6 Å². The number of alkyl halides is 3. The van der Waals surface area contributed by atoms with Crippen LogP contribution in [0.25, 0.3) is 0 Å². The molecule has 162 valence electrons. The lowest BCUT2D eigenvalue weighted by Gasteiger charge is -2.27. The number of carboxylic acids is 2. The van der Waals surface area contributed by atoms with E-state index in [4.69, 9.17) is 19.7 Å². The highest BCUT2D eigenvalue weighted by molar-refractivity contribution is 5.87. The molecule has 0 bridgehead atoms. The Bertz CT molecular complexity index is 856. The lowest BCUT2D eigenvalue weighted by Crippen LogP contribution is -2.36. The maximum Gasteiger partial charge on any atom is 0.490 e. The second kappa shape index (κ2) is 10.4. The molecule has 0 saturated carbocycles. The van der Waals surface area contributed by atoms with Crippen molar-refractivity contribution in [3.8, 4) is 0 Å². The Morgan fingerprint density at radius 2 is 1.70 bits per heavy atom. The molecule has 0 aliphatic carbocycles. The van der Waals surface area contributed by atoms with E-state index in [-0.39, 0.29) is 5.56 Å². The van der Waals surface area contributed by atoms with Gasteiger partial charge in [0.15, 0.2) is 0 Å². The summed E-state index contributed by atoms with van der Waals surface area (Å²) in [5.74, 6) is -2.06. The number of hydrogen-bond donors (Lipinski definition) is 3. The average Bonchev–Trinajstić information content (AvgIpc) is 2.73. The van der Waals surface area contributed by atoms with Crippen LogP contribution in [-0.2, 0) is 16.1 Å². The number of aliphatic carboxylic acids is 1. The van der Waals surface area contributed by atoms with Crippen molar-refractivity contribution in [2.45, 2.75) is 12.7 Å². The number of hydrogen-bond acceptors (Lipinski definition) is 7. The number of aromatic nitrogens is 2. The molecule has 0 spiro atoms. The van der Waals surface area contributed by atoms with E-state index in [0.717, 1.165) is 30.3 Å². The largest absolute Gasteiger partial charge is 0.490 e. The third-order valence-corrected chi connectivity index (χ3v) is 3.90. The van der Waals surface area contributed by atoms with Crippen molar-refractivity contribution in [1.82, 2.24) is 9.97 Å². The number of ether oxygens (including phenoxy) is 1. The number of nitrogens with zero attached hydrogens (tertiary/aromatic N) is 3. The number of carboxylic acid groups (broad SMARTS) is 2. The minimum atomic E-state index is -5.08. The van der Waals surface area contributed by atoms with Crippen LogP contribution in [0.1, 0.15) is 15.9 Å². The fourth-order valence-corrected chi connectivity index (χ4v) is 2.37. The van der Waals surface area contributed by atoms with E-state index in [2.05, 4.69) is 20.2 Å². The van der Waals surface area contributed by atoms with Gasteiger partial charge in [-0.25, -0.2) is 19.6 Å². The van der Waals surface area contributed by atoms with Gasteiger partial charge in [0, 0.05) is 25.7 Å². The van der Waals surface area contributed by atoms with Gasteiger partial charge in [0.1, 0.15) is 18.0 Å². The number of morpholine rings is 1. The van der Waals surface area contributed by atoms with Crippen LogP contribution in [0.5, 0.6) is 0 Å². The number of halogens is 3. The molecule has 1 aromatic heterocycles. The van der Waals surface area contributed by atoms with Gasteiger partial charge in [0.05, 0.1) is 18.8 Å². The van der Waals surface area contributed by atoms with Crippen LogP contribution in [0.2, 0.25) is 0 Å². The van der Waals surface area contributed by atoms with Crippen molar-refractivity contribution in [1.29, 1.82) is 0 Å². The average molecular weight is 428 g/mol. The van der Waals surface area contributed by atoms with Crippen LogP contribution >= 0.6 is 0 Å². The number of rotatable bonds is 5. The van der Waals surface area contributed by atoms with Gasteiger partial charge in [-0.1, -0.05) is 12.1 Å². The molecule has 1 aliphatic heterocycles. The molecular formula is C18H19F3N4O5. The molecule has 0 unspecified atom stereocenters. The van der Waals surface area contributed by atoms with E-state index < -0.39 is 18.1 Å². The van der Waals surface area contributed by atoms with Crippen LogP contribution < -0.4 is 10.2 Å². The first-order valence-corrected chi connectivity index (χ1v) is 8.68. The Balaban J connectivity index is 0.000000396. The van der Waals surface area contributed by atoms with Crippen molar-refractivity contribution in [2.75, 3.05) is 36.5 Å². The van der Waals surface area contributed by atoms with Crippen LogP contribution in [0.4, 0.5) is 24.8 Å². The summed E-state index contributed by atoms with van der Waals surface area (Å²) in [6.07, 6.45) is -3.54. The van der Waals surface area contributed by atoms with E-state index in [9.17, 15) is 18.0 Å². The highest BCUT2D eigenvalue weighted by atomic mass is 19.4. The molecule has 2 aromatic rings. The Morgan fingerprint density at radius 3 is 2.23 bits per heavy atom. The minimum absolute atomic E-state index is 0.283. The lowest BCUT2D eigenvalue weighted by molar-refractivity contribution is -0.192. The van der Waals surface area contributed by atoms with Gasteiger partial charge in [-0.05, 0) is 17.7 Å². The molecule has 1 fully saturated rings. The van der Waals surface area contributed by atoms with Gasteiger partial charge in [-0.2, -0.15) is 13.2 Å². The fraction of sp³-hybridized carbons (Fsp3) is 0.333. The monoisotopic (exact) mass is 428 g/mol. The highest BCUT2D eigenvalue weighted by Crippen LogP contribution is 2.16. The molecule has 3 N–H and O–H groups in total. The van der Waals surface area contributed by atoms with Gasteiger partial charge < -0.3 is 25.2 Å². The topological polar surface area (TPSA) is 125 Å². The highest BCUT2D eigenvalue weighted by Gasteiger charge is 2.38. The summed E-state index contributed by atoms with van der Waals surface area (Å²) >= 11 is 0. The molecular weight excluding hydrogens is 409 g/mol. The maximum atomic E-state index is 10.8. The Hall–Kier alpha value is -3.41. The van der Waals surface area contributed by atoms with Crippen molar-refractivity contribution < 1.29 is 37.7 Å². The van der Waals surface area contributed by atoms with Crippen molar-refractivity contribution in [3.63, 3.8) is 0 Å². The summed E-state index contributed by atoms with van der Waals surface area (Å²) in [6.45, 7) is 3.64. The summed E-state index contributed by atoms with van der Waals surface area (Å²) in [5, 5.41) is 19.2. The summed E-state index contributed by atoms with van der Waals surface area (Å²) < 4.78 is 37.1. The third kappa shape index (κ3) is 7.20. The smallest absolute Gasteiger partial charge is 0.478 e. The first kappa shape index (κ1) is 22.9. The number of carbonyl (C=O) groups is 2. The van der Waals surface area contributed by atoms with Gasteiger partial charge in [-0.15, -0.1) is 0 Å². The number of benzene rings is 1. The Labute approximate surface area is 169 Å². The van der Waals surface area contributed by atoms with E-state index in [0.29, 0.717) is 19.8 Å². The van der Waals surface area contributed by atoms with Gasteiger partial charge in [0.25, 0.3) is 0 Å². The zero-order valence-corrected chi connectivity index (χ0v) is 15.6. The van der Waals surface area contributed by atoms with Crippen molar-refractivity contribution in [3.05, 3.63) is 47.8 Å². The predicted octanol–water partition coefficient (Wildman–Crippen LogP) is 2.26. The SMILES string of the molecule is O=C(O)C(F)(F)F.O=C(O)c1ccc(CNc2cc(N3CCOCC3)ncn2)cc1. The van der Waals surface area contributed by atoms with E-state index >= 15 is 0 Å². The molecule has 30 heavy (non-hydrogen) atoms. The first-order valence-electron chi connectivity index (χ1n) is 8.68. The maximum absolute atomic E-state index is 10.8. The van der Waals surface area contributed by atoms with Crippen LogP contribution in [0.3, 0.4) is 0 Å². The van der Waals surface area contributed by atoms with E-state index in [1.165, 1.54) is 0 Å². The van der Waals surface area contributed by atoms with Gasteiger partial charge in [-0.3, -0.25) is 0 Å². The molecule has 0 radical (unpaired) electrons. The number of anilines is 2. The molecule has 1 saturated heterocycles. The fourth-order valence-electron chi connectivity index (χ4n) is 2.37. The predicted molar refractivity (Wildman–Crippen MR) is 99.5 cm³/mol. The van der Waals surface area contributed by atoms with Gasteiger partial charge in [0.2, 0.25) is 0 Å². The summed E-state index contributed by atoms with van der Waals surface area (Å²) in [6, 6.07) is 8.69. The Morgan fingerprint density at radius 1 is 1.10 bits per heavy atom. The molecule has 1 aliphatic rings. The zero-order chi connectivity index (χ0) is 22.1. The van der Waals surface area contributed by atoms with E-state index in [1.807, 2.05) is 6.07 Å². The third-order valence-electron chi connectivity index (χ3n) is 3.90. The van der Waals surface area contributed by atoms with Crippen LogP contribution in [0.15, 0.2) is 36.7 Å². The first-order chi connectivity index (χ1) is 14.2. The molecule has 3 rings (SSSR count). The van der Waals surface area contributed by atoms with Crippen LogP contribution in [0, 0.1) is 0 Å². The summed E-state index contributed by atoms with van der Waals surface area (Å²) in [5.41, 5.74) is 1.27. The number of nitrogens with one attached hydrogen (secondary N) is 1. The summed E-state index contributed by atoms with van der Waals surface area (Å²) in [7, 11) is 0. The Kier molecular flexibility index (Phi) is 7.92. The molecule has 1 aromatic carbocycles. The molecule has 0 amide bonds. The van der Waals surface area contributed by atoms with Gasteiger partial charge >= 0.3 is 18.1 Å². The standard InChI is InChI=1S/C16H18N4O3.C2HF3O2/c21-16(22)13-3-1-12(2-4-13)10-17-14-9-15(19-11-18-14)20-5-7-23-8-6-20;3-2(4,5)1(6)7/h1-4,9,11H,5-8,10H2,(H,21,22)(H,17,18,19);(H,6,7). The second-order valence-electron chi connectivity index (χ2n) is 6.02. The number of aromatic carboxylic acids is 1. The van der Waals surface area contributed by atoms with Crippen molar-refractivity contribution >= 4 is 23.6 Å². The summed E-state index contributed by atoms with van der Waals surface area (Å²) in [4.78, 5) is 30.4. The normalized spacial score (nSPS) is 13.8. The molecule has 2 heterocycles. The quantitative estimate of drug-likeness (QED) is 0.658. The molecule has 9 nitrogen and oxygen atoms in total. The second-order valence-corrected chi connectivity index (χ2v) is 6.02. The zero-order valence-electron chi connectivity index (χ0n) is 15.6. The van der Waals surface area contributed by atoms with E-state index in [1.54, 1.807) is 30.6 Å². The molecule has 0 atom stereocenters. The molecule has 12 heteroatoms. The minimum Gasteiger partial charge on any atom is -0.478 e. The lowest BCUT2D eigenvalue weighted by atomic mass is 10.1. The van der Waals surface area contributed by atoms with Crippen molar-refractivity contribution in [2.24, 2.45) is 0 Å².